The van der Waals surface area contributed by atoms with Crippen molar-refractivity contribution in [3.8, 4) is 0 Å². The largest absolute Gasteiger partial charge is 0.378 e. The molecule has 0 saturated heterocycles. The van der Waals surface area contributed by atoms with Gasteiger partial charge in [0.25, 0.3) is 0 Å². The first-order valence-electron chi connectivity index (χ1n) is 6.62. The Hall–Kier alpha value is -0.300. The van der Waals surface area contributed by atoms with E-state index >= 15 is 0 Å². The highest BCUT2D eigenvalue weighted by molar-refractivity contribution is 5.09. The van der Waals surface area contributed by atoms with Gasteiger partial charge in [-0.25, -0.2) is 0 Å². The number of hydrogen-bond donors (Lipinski definition) is 0. The first-order chi connectivity index (χ1) is 7.33. The van der Waals surface area contributed by atoms with E-state index < -0.39 is 0 Å². The first-order valence-corrected chi connectivity index (χ1v) is 6.62. The molecule has 0 amide bonds. The average Bonchev–Trinajstić information content (AvgIpc) is 2.29. The van der Waals surface area contributed by atoms with Gasteiger partial charge in [-0.2, -0.15) is 0 Å². The van der Waals surface area contributed by atoms with Gasteiger partial charge in [-0.05, 0) is 43.9 Å². The first kappa shape index (κ1) is 11.2. The molecule has 0 aliphatic heterocycles. The molecule has 0 heterocycles. The number of fused-ring (bicyclic) bond motifs is 1. The van der Waals surface area contributed by atoms with Crippen molar-refractivity contribution < 1.29 is 4.74 Å². The molecule has 1 heteroatoms. The van der Waals surface area contributed by atoms with Gasteiger partial charge in [0.15, 0.2) is 0 Å². The summed E-state index contributed by atoms with van der Waals surface area (Å²) < 4.78 is 6.01. The summed E-state index contributed by atoms with van der Waals surface area (Å²) >= 11 is 0. The molecule has 0 radical (unpaired) electrons. The van der Waals surface area contributed by atoms with Crippen LogP contribution in [0.15, 0.2) is 12.2 Å². The molecule has 2 aliphatic rings. The fourth-order valence-electron chi connectivity index (χ4n) is 3.31. The Morgan fingerprint density at radius 2 is 2.07 bits per heavy atom. The normalized spacial score (nSPS) is 36.3. The zero-order chi connectivity index (χ0) is 10.7. The predicted octanol–water partition coefficient (Wildman–Crippen LogP) is 3.94. The van der Waals surface area contributed by atoms with Gasteiger partial charge in [-0.1, -0.05) is 31.9 Å². The van der Waals surface area contributed by atoms with Crippen molar-refractivity contribution in [1.29, 1.82) is 0 Å². The fourth-order valence-corrected chi connectivity index (χ4v) is 3.31. The van der Waals surface area contributed by atoms with Crippen molar-refractivity contribution >= 4 is 0 Å². The molecule has 0 bridgehead atoms. The van der Waals surface area contributed by atoms with Gasteiger partial charge in [0.2, 0.25) is 0 Å². The molecule has 15 heavy (non-hydrogen) atoms. The van der Waals surface area contributed by atoms with Crippen LogP contribution in [-0.2, 0) is 4.74 Å². The third-order valence-corrected chi connectivity index (χ3v) is 4.11. The van der Waals surface area contributed by atoms with Gasteiger partial charge >= 0.3 is 0 Å². The van der Waals surface area contributed by atoms with Crippen molar-refractivity contribution in [2.45, 2.75) is 58.0 Å². The minimum Gasteiger partial charge on any atom is -0.378 e. The van der Waals surface area contributed by atoms with Gasteiger partial charge in [0, 0.05) is 6.61 Å². The van der Waals surface area contributed by atoms with Crippen molar-refractivity contribution in [3.63, 3.8) is 0 Å². The SMILES string of the molecule is C=C1CCC(OCCC)C2CCCCC12. The summed E-state index contributed by atoms with van der Waals surface area (Å²) in [5.74, 6) is 1.58. The summed E-state index contributed by atoms with van der Waals surface area (Å²) in [6.07, 6.45) is 9.67. The topological polar surface area (TPSA) is 9.23 Å². The second-order valence-corrected chi connectivity index (χ2v) is 5.16. The molecule has 0 aromatic heterocycles. The van der Waals surface area contributed by atoms with Gasteiger partial charge in [0.1, 0.15) is 0 Å². The third kappa shape index (κ3) is 2.44. The second kappa shape index (κ2) is 5.16. The zero-order valence-electron chi connectivity index (χ0n) is 10.0. The molecule has 86 valence electrons. The molecule has 2 fully saturated rings. The Morgan fingerprint density at radius 3 is 2.87 bits per heavy atom. The Labute approximate surface area is 93.9 Å². The number of rotatable bonds is 3. The molecule has 1 nitrogen and oxygen atoms in total. The Kier molecular flexibility index (Phi) is 3.85. The molecule has 0 aromatic carbocycles. The Bertz CT molecular complexity index is 221. The standard InChI is InChI=1S/C14H24O/c1-3-10-15-14-9-8-11(2)12-6-4-5-7-13(12)14/h12-14H,2-10H2,1H3. The van der Waals surface area contributed by atoms with E-state index in [1.807, 2.05) is 0 Å². The summed E-state index contributed by atoms with van der Waals surface area (Å²) in [7, 11) is 0. The molecule has 3 unspecified atom stereocenters. The van der Waals surface area contributed by atoms with Crippen LogP contribution in [0.3, 0.4) is 0 Å². The van der Waals surface area contributed by atoms with Crippen molar-refractivity contribution in [2.24, 2.45) is 11.8 Å². The maximum atomic E-state index is 6.01. The third-order valence-electron chi connectivity index (χ3n) is 4.11. The van der Waals surface area contributed by atoms with Crippen LogP contribution in [0.5, 0.6) is 0 Å². The van der Waals surface area contributed by atoms with E-state index in [1.165, 1.54) is 44.1 Å². The second-order valence-electron chi connectivity index (χ2n) is 5.16. The quantitative estimate of drug-likeness (QED) is 0.638. The maximum Gasteiger partial charge on any atom is 0.0612 e. The zero-order valence-corrected chi connectivity index (χ0v) is 10.0. The van der Waals surface area contributed by atoms with Crippen LogP contribution >= 0.6 is 0 Å². The highest BCUT2D eigenvalue weighted by Gasteiger charge is 2.37. The number of hydrogen-bond acceptors (Lipinski definition) is 1. The summed E-state index contributed by atoms with van der Waals surface area (Å²) in [4.78, 5) is 0. The van der Waals surface area contributed by atoms with Gasteiger partial charge < -0.3 is 4.74 Å². The molecule has 2 rings (SSSR count). The van der Waals surface area contributed by atoms with Crippen LogP contribution in [0.2, 0.25) is 0 Å². The van der Waals surface area contributed by atoms with Crippen molar-refractivity contribution in [1.82, 2.24) is 0 Å². The van der Waals surface area contributed by atoms with E-state index in [0.29, 0.717) is 6.10 Å². The molecule has 2 aliphatic carbocycles. The number of allylic oxidation sites excluding steroid dienone is 1. The van der Waals surface area contributed by atoms with Crippen LogP contribution in [0.4, 0.5) is 0 Å². The van der Waals surface area contributed by atoms with Crippen LogP contribution < -0.4 is 0 Å². The molecule has 0 aromatic rings. The Balaban J connectivity index is 1.97. The summed E-state index contributed by atoms with van der Waals surface area (Å²) in [6.45, 7) is 7.40. The monoisotopic (exact) mass is 208 g/mol. The minimum absolute atomic E-state index is 0.542. The molecular weight excluding hydrogens is 184 g/mol. The molecule has 3 atom stereocenters. The highest BCUT2D eigenvalue weighted by atomic mass is 16.5. The highest BCUT2D eigenvalue weighted by Crippen LogP contribution is 2.44. The number of ether oxygens (including phenoxy) is 1. The lowest BCUT2D eigenvalue weighted by Crippen LogP contribution is -2.37. The maximum absolute atomic E-state index is 6.01. The van der Waals surface area contributed by atoms with E-state index in [9.17, 15) is 0 Å². The van der Waals surface area contributed by atoms with Crippen LogP contribution in [0.25, 0.3) is 0 Å². The lowest BCUT2D eigenvalue weighted by atomic mass is 9.67. The molecule has 0 spiro atoms. The minimum atomic E-state index is 0.542. The smallest absolute Gasteiger partial charge is 0.0612 e. The van der Waals surface area contributed by atoms with Gasteiger partial charge in [-0.3, -0.25) is 0 Å². The lowest BCUT2D eigenvalue weighted by molar-refractivity contribution is -0.0311. The summed E-state index contributed by atoms with van der Waals surface area (Å²) in [5, 5.41) is 0. The Morgan fingerprint density at radius 1 is 1.27 bits per heavy atom. The van der Waals surface area contributed by atoms with E-state index in [4.69, 9.17) is 4.74 Å². The van der Waals surface area contributed by atoms with E-state index in [0.717, 1.165) is 24.9 Å². The summed E-state index contributed by atoms with van der Waals surface area (Å²) in [6, 6.07) is 0. The van der Waals surface area contributed by atoms with Crippen LogP contribution in [0.1, 0.15) is 51.9 Å². The van der Waals surface area contributed by atoms with Gasteiger partial charge in [-0.15, -0.1) is 0 Å². The van der Waals surface area contributed by atoms with Crippen molar-refractivity contribution in [2.75, 3.05) is 6.61 Å². The van der Waals surface area contributed by atoms with E-state index in [1.54, 1.807) is 0 Å². The molecule has 0 N–H and O–H groups in total. The molecular formula is C14H24O. The van der Waals surface area contributed by atoms with Crippen molar-refractivity contribution in [3.05, 3.63) is 12.2 Å². The van der Waals surface area contributed by atoms with E-state index in [2.05, 4.69) is 13.5 Å². The van der Waals surface area contributed by atoms with Gasteiger partial charge in [0.05, 0.1) is 6.10 Å². The average molecular weight is 208 g/mol. The van der Waals surface area contributed by atoms with Crippen LogP contribution in [0, 0.1) is 11.8 Å². The lowest BCUT2D eigenvalue weighted by Gasteiger charge is -2.42. The fraction of sp³-hybridized carbons (Fsp3) is 0.857. The van der Waals surface area contributed by atoms with Crippen LogP contribution in [-0.4, -0.2) is 12.7 Å². The van der Waals surface area contributed by atoms with E-state index in [-0.39, 0.29) is 0 Å². The molecule has 2 saturated carbocycles. The summed E-state index contributed by atoms with van der Waals surface area (Å²) in [5.41, 5.74) is 1.51. The predicted molar refractivity (Wildman–Crippen MR) is 63.9 cm³/mol.